The highest BCUT2D eigenvalue weighted by Crippen LogP contribution is 2.35. The average molecular weight is 1890 g/mol. The van der Waals surface area contributed by atoms with Crippen molar-refractivity contribution in [2.45, 2.75) is 52.4 Å². The molecule has 143 heavy (non-hydrogen) atoms. The van der Waals surface area contributed by atoms with Crippen LogP contribution in [0.4, 0.5) is 33.9 Å². The second-order valence-corrected chi connectivity index (χ2v) is 33.7. The first-order valence-electron chi connectivity index (χ1n) is 45.8. The van der Waals surface area contributed by atoms with Gasteiger partial charge in [0.25, 0.3) is 0 Å². The molecule has 15 aromatic heterocycles. The van der Waals surface area contributed by atoms with Gasteiger partial charge in [-0.1, -0.05) is 29.7 Å². The van der Waals surface area contributed by atoms with Gasteiger partial charge in [-0.25, -0.2) is 94.1 Å². The van der Waals surface area contributed by atoms with Crippen LogP contribution in [0.25, 0.3) is 89.7 Å². The minimum atomic E-state index is -0.224. The first-order valence-corrected chi connectivity index (χ1v) is 45.8. The highest BCUT2D eigenvalue weighted by atomic mass is 19.1. The topological polar surface area (TPSA) is 423 Å². The Morgan fingerprint density at radius 3 is 1.24 bits per heavy atom. The van der Waals surface area contributed by atoms with E-state index in [1.54, 1.807) is 131 Å². The highest BCUT2D eigenvalue weighted by molar-refractivity contribution is 5.82. The Balaban J connectivity index is 0.000000110. The second kappa shape index (κ2) is 41.1. The van der Waals surface area contributed by atoms with Gasteiger partial charge in [-0.15, -0.1) is 0 Å². The van der Waals surface area contributed by atoms with Crippen LogP contribution in [0.3, 0.4) is 0 Å². The number of methoxy groups -OCH3 is 2. The van der Waals surface area contributed by atoms with E-state index >= 15 is 0 Å². The number of pyridine rings is 2. The Labute approximate surface area is 815 Å². The number of benzene rings is 5. The van der Waals surface area contributed by atoms with Crippen LogP contribution in [0.1, 0.15) is 89.8 Å². The summed E-state index contributed by atoms with van der Waals surface area (Å²) in [6.45, 7) is 12.2. The summed E-state index contributed by atoms with van der Waals surface area (Å²) >= 11 is 0. The third-order valence-corrected chi connectivity index (χ3v) is 24.2. The Hall–Kier alpha value is -19.0. The average Bonchev–Trinajstić information content (AvgIpc) is 1.63. The Bertz CT molecular complexity index is 8380. The highest BCUT2D eigenvalue weighted by Gasteiger charge is 2.29. The van der Waals surface area contributed by atoms with E-state index in [4.69, 9.17) is 34.1 Å². The lowest BCUT2D eigenvalue weighted by Gasteiger charge is -2.35. The fourth-order valence-electron chi connectivity index (χ4n) is 16.8. The molecular formula is C105H83FN34O3. The molecule has 20 aromatic rings. The lowest BCUT2D eigenvalue weighted by atomic mass is 10.1. The molecule has 5 N–H and O–H groups in total. The number of rotatable bonds is 16. The Morgan fingerprint density at radius 1 is 0.301 bits per heavy atom. The van der Waals surface area contributed by atoms with Crippen LogP contribution in [0.15, 0.2) is 245 Å². The van der Waals surface area contributed by atoms with Crippen LogP contribution in [-0.2, 0) is 61.8 Å². The van der Waals surface area contributed by atoms with Crippen LogP contribution in [0.2, 0.25) is 0 Å². The first kappa shape index (κ1) is 89.2. The summed E-state index contributed by atoms with van der Waals surface area (Å²) in [4.78, 5) is 95.1. The van der Waals surface area contributed by atoms with Crippen molar-refractivity contribution in [3.8, 4) is 99.3 Å². The summed E-state index contributed by atoms with van der Waals surface area (Å²) < 4.78 is 29.5. The van der Waals surface area contributed by atoms with E-state index in [2.05, 4.69) is 204 Å². The van der Waals surface area contributed by atoms with E-state index < -0.39 is 0 Å². The zero-order chi connectivity index (χ0) is 96.2. The van der Waals surface area contributed by atoms with Crippen LogP contribution < -0.4 is 29.2 Å². The molecule has 1 saturated heterocycles. The van der Waals surface area contributed by atoms with Gasteiger partial charge in [-0.3, -0.25) is 30.4 Å². The molecule has 0 bridgehead atoms. The van der Waals surface area contributed by atoms with Gasteiger partial charge in [0.1, 0.15) is 63.9 Å². The van der Waals surface area contributed by atoms with Crippen molar-refractivity contribution in [1.29, 1.82) is 0 Å². The fraction of sp³-hybridized carbons (Fsp3) is 0.171. The monoisotopic (exact) mass is 1890 g/mol. The van der Waals surface area contributed by atoms with E-state index in [9.17, 15) is 4.39 Å². The summed E-state index contributed by atoms with van der Waals surface area (Å²) in [5.41, 5.74) is 20.9. The van der Waals surface area contributed by atoms with Gasteiger partial charge in [0.2, 0.25) is 29.5 Å². The number of nitrogens with zero attached hydrogens (tertiary/aromatic N) is 29. The maximum Gasteiger partial charge on any atom is 0.226 e. The smallest absolute Gasteiger partial charge is 0.226 e. The van der Waals surface area contributed by atoms with E-state index in [1.165, 1.54) is 17.2 Å². The minimum Gasteiger partial charge on any atom is -0.475 e. The molecule has 1 fully saturated rings. The van der Waals surface area contributed by atoms with Crippen LogP contribution >= 0.6 is 0 Å². The van der Waals surface area contributed by atoms with Crippen molar-refractivity contribution < 1.29 is 18.6 Å². The van der Waals surface area contributed by atoms with Gasteiger partial charge in [0.05, 0.1) is 78.5 Å². The largest absolute Gasteiger partial charge is 0.475 e. The Morgan fingerprint density at radius 2 is 0.727 bits per heavy atom. The number of anilines is 5. The van der Waals surface area contributed by atoms with Crippen molar-refractivity contribution in [1.82, 2.24) is 146 Å². The third-order valence-electron chi connectivity index (χ3n) is 24.2. The molecule has 698 valence electrons. The van der Waals surface area contributed by atoms with Crippen LogP contribution in [-0.4, -0.2) is 212 Å². The van der Waals surface area contributed by atoms with Crippen LogP contribution in [0.5, 0.6) is 5.88 Å². The molecule has 0 atom stereocenters. The van der Waals surface area contributed by atoms with Gasteiger partial charge in [-0.05, 0) is 197 Å². The fourth-order valence-corrected chi connectivity index (χ4v) is 16.8. The number of fused-ring (bicyclic) bond motifs is 8. The summed E-state index contributed by atoms with van der Waals surface area (Å²) in [7, 11) is 3.40. The Kier molecular flexibility index (Phi) is 25.6. The molecule has 37 nitrogen and oxygen atoms in total. The molecule has 20 heterocycles. The SMILES string of the molecule is C(#Cc1ccnc(-c2ccnc(N3Cc4cn[nH]c4C3)n2)n1)c1ccc2[nH]ncc2c1.COCCN1CCN(c2cc3c(cn2)CN(c2nccc(-c4nccc(C#Cc5ccc6[nH]ncc6c5)n4)n2)C3)CC1.COCCOc1cc2c(cn1)CN(c1nccc(-c3nccc(C#Cc4ccc5[nH]ncc5c4)n3)n1)C2.Fc1ccc2c(c1)CN(c1ccnc(-c3ccnc(C#Cc4ccc5[nH]ncc5c4)n3)n1)C2. The van der Waals surface area contributed by atoms with Crippen molar-refractivity contribution in [3.05, 3.63) is 340 Å². The number of aromatic nitrogens is 28. The van der Waals surface area contributed by atoms with Crippen molar-refractivity contribution in [2.75, 3.05) is 91.3 Å². The lowest BCUT2D eigenvalue weighted by molar-refractivity contribution is 0.143. The standard InChI is InChI=1S/C31H30N10O.C27H22N8O2.C25H16FN7.C22H15N9/c1-42-15-14-39-10-12-40(13-11-39)29-17-24-20-41(21-25(24)18-34-29)31-33-9-7-28(37-31)30-32-8-6-26(36-30)4-2-22-3-5-27-23(16-22)19-35-38-27;1-36-10-11-37-25-13-20-16-35(17-21(20)14-30-25)27-29-9-7-24(33-27)26-28-8-6-22(32-26)4-2-18-3-5-23-19(12-18)15-31-34-23;26-20-4-3-17-14-33(15-19(17)12-20)24-8-10-28-25(31-24)22-7-9-27-23(30-22)6-2-16-1-5-21-18(11-16)13-29-32-21;1(14-2-4-18-15(9-14)10-25-29-18)3-17-5-7-23-21(27-17)19-6-8-24-22(28-19)31-12-16-11-26-30-20(16)13-31/h3,5-9,16-19H,10-15,20-21H2,1H3,(H,35,38);3,5-9,12-15H,10-11,16-17H2,1H3,(H,31,34);1,3-5,7-13H,14-15H2,(H,29,32);2,4-11H,12-13H2,(H,25,29)(H,26,30). The number of piperazine rings is 1. The lowest BCUT2D eigenvalue weighted by Crippen LogP contribution is -2.47. The minimum absolute atomic E-state index is 0.224. The second-order valence-electron chi connectivity index (χ2n) is 33.7. The van der Waals surface area contributed by atoms with E-state index in [0.29, 0.717) is 145 Å². The number of H-pyrrole nitrogens is 5. The van der Waals surface area contributed by atoms with Gasteiger partial charge in [0, 0.05) is 210 Å². The first-order chi connectivity index (χ1) is 70.5. The van der Waals surface area contributed by atoms with Crippen molar-refractivity contribution in [3.63, 3.8) is 0 Å². The zero-order valence-electron chi connectivity index (χ0n) is 77.0. The molecular weight excluding hydrogens is 1800 g/mol. The molecule has 0 radical (unpaired) electrons. The molecule has 5 aliphatic rings. The molecule has 5 aromatic carbocycles. The quantitative estimate of drug-likeness (QED) is 0.0443. The molecule has 0 unspecified atom stereocenters. The summed E-state index contributed by atoms with van der Waals surface area (Å²) in [5, 5.41) is 39.1. The third kappa shape index (κ3) is 21.0. The molecule has 0 saturated carbocycles. The molecule has 25 rings (SSSR count). The van der Waals surface area contributed by atoms with Gasteiger partial charge < -0.3 is 38.7 Å². The van der Waals surface area contributed by atoms with Crippen molar-refractivity contribution in [2.24, 2.45) is 0 Å². The van der Waals surface area contributed by atoms with Gasteiger partial charge in [-0.2, -0.15) is 25.5 Å². The number of nitrogens with one attached hydrogen (secondary N) is 5. The molecule has 0 aliphatic carbocycles. The molecule has 5 aliphatic heterocycles. The maximum absolute atomic E-state index is 13.6. The molecule has 0 amide bonds. The summed E-state index contributed by atoms with van der Waals surface area (Å²) in [6.07, 6.45) is 26.5. The zero-order valence-corrected chi connectivity index (χ0v) is 77.0. The predicted molar refractivity (Wildman–Crippen MR) is 531 cm³/mol. The van der Waals surface area contributed by atoms with Gasteiger partial charge in [0.15, 0.2) is 23.3 Å². The number of aromatic amines is 5. The predicted octanol–water partition coefficient (Wildman–Crippen LogP) is 12.4. The van der Waals surface area contributed by atoms with E-state index in [-0.39, 0.29) is 5.82 Å². The van der Waals surface area contributed by atoms with Crippen LogP contribution in [0, 0.1) is 53.2 Å². The normalized spacial score (nSPS) is 13.2. The molecule has 38 heteroatoms. The number of hydrogen-bond acceptors (Lipinski definition) is 32. The van der Waals surface area contributed by atoms with E-state index in [1.807, 2.05) is 116 Å². The van der Waals surface area contributed by atoms with E-state index in [0.717, 1.165) is 163 Å². The maximum atomic E-state index is 13.6. The number of hydrogen-bond donors (Lipinski definition) is 5. The molecule has 0 spiro atoms. The number of ether oxygens (including phenoxy) is 3. The van der Waals surface area contributed by atoms with Crippen molar-refractivity contribution >= 4 is 73.1 Å². The van der Waals surface area contributed by atoms with Gasteiger partial charge >= 0.3 is 0 Å². The number of halogens is 1. The summed E-state index contributed by atoms with van der Waals surface area (Å²) in [6, 6.07) is 47.1. The summed E-state index contributed by atoms with van der Waals surface area (Å²) in [5.74, 6) is 31.4.